The first-order valence-electron chi connectivity index (χ1n) is 8.23. The third-order valence-electron chi connectivity index (χ3n) is 3.75. The molecule has 1 aromatic carbocycles. The van der Waals surface area contributed by atoms with E-state index in [4.69, 9.17) is 0 Å². The Balaban J connectivity index is 1.76. The van der Waals surface area contributed by atoms with Gasteiger partial charge < -0.3 is 5.32 Å². The maximum absolute atomic E-state index is 12.6. The highest BCUT2D eigenvalue weighted by atomic mass is 32.1. The Bertz CT molecular complexity index is 843. The number of hydrogen-bond donors (Lipinski definition) is 1. The van der Waals surface area contributed by atoms with E-state index < -0.39 is 17.6 Å². The minimum absolute atomic E-state index is 0.0190. The molecule has 0 aliphatic heterocycles. The number of halogens is 3. The van der Waals surface area contributed by atoms with Crippen LogP contribution in [0.3, 0.4) is 0 Å². The number of carbonyl (C=O) groups is 3. The Labute approximate surface area is 158 Å². The number of alkyl halides is 3. The summed E-state index contributed by atoms with van der Waals surface area (Å²) in [5, 5.41) is 2.35. The molecule has 1 N–H and O–H groups in total. The summed E-state index contributed by atoms with van der Waals surface area (Å²) < 4.78 is 37.9. The van der Waals surface area contributed by atoms with Crippen molar-refractivity contribution in [2.45, 2.75) is 38.8 Å². The number of benzene rings is 1. The molecule has 2 aromatic rings. The molecule has 1 amide bonds. The van der Waals surface area contributed by atoms with Crippen molar-refractivity contribution in [1.29, 1.82) is 0 Å². The quantitative estimate of drug-likeness (QED) is 0.636. The van der Waals surface area contributed by atoms with Crippen LogP contribution in [0, 0.1) is 6.92 Å². The molecular formula is C19H18F3NO3S. The second-order valence-electron chi connectivity index (χ2n) is 6.00. The summed E-state index contributed by atoms with van der Waals surface area (Å²) in [6.45, 7) is 1.88. The summed E-state index contributed by atoms with van der Waals surface area (Å²) >= 11 is 1.36. The predicted molar refractivity (Wildman–Crippen MR) is 96.9 cm³/mol. The van der Waals surface area contributed by atoms with Crippen molar-refractivity contribution in [1.82, 2.24) is 0 Å². The topological polar surface area (TPSA) is 63.2 Å². The monoisotopic (exact) mass is 397 g/mol. The van der Waals surface area contributed by atoms with E-state index >= 15 is 0 Å². The lowest BCUT2D eigenvalue weighted by molar-refractivity contribution is -0.137. The first kappa shape index (κ1) is 20.8. The number of Topliss-reactive ketones (excluding diaryl/α,β-unsaturated/α-hetero) is 2. The number of amides is 1. The van der Waals surface area contributed by atoms with Gasteiger partial charge in [-0.3, -0.25) is 14.4 Å². The molecular weight excluding hydrogens is 379 g/mol. The van der Waals surface area contributed by atoms with E-state index in [0.29, 0.717) is 4.88 Å². The molecule has 1 heterocycles. The molecule has 0 radical (unpaired) electrons. The minimum Gasteiger partial charge on any atom is -0.326 e. The number of aryl methyl sites for hydroxylation is 1. The highest BCUT2D eigenvalue weighted by Gasteiger charge is 2.30. The standard InChI is InChI=1S/C19H18F3NO3S/c1-12-5-9-17(27-12)16(25)8-6-15(24)7-10-18(26)23-14-4-2-3-13(11-14)19(20,21)22/h2-5,9,11H,6-8,10H2,1H3,(H,23,26). The average molecular weight is 397 g/mol. The van der Waals surface area contributed by atoms with Crippen molar-refractivity contribution in [3.05, 3.63) is 51.7 Å². The third kappa shape index (κ3) is 6.63. The van der Waals surface area contributed by atoms with Crippen molar-refractivity contribution in [2.24, 2.45) is 0 Å². The van der Waals surface area contributed by atoms with Crippen LogP contribution in [0.4, 0.5) is 18.9 Å². The van der Waals surface area contributed by atoms with Crippen molar-refractivity contribution in [2.75, 3.05) is 5.32 Å². The highest BCUT2D eigenvalue weighted by Crippen LogP contribution is 2.30. The van der Waals surface area contributed by atoms with Crippen LogP contribution >= 0.6 is 11.3 Å². The number of carbonyl (C=O) groups excluding carboxylic acids is 3. The lowest BCUT2D eigenvalue weighted by atomic mass is 10.1. The Hall–Kier alpha value is -2.48. The summed E-state index contributed by atoms with van der Waals surface area (Å²) in [4.78, 5) is 37.2. The molecule has 144 valence electrons. The zero-order valence-electron chi connectivity index (χ0n) is 14.6. The first-order chi connectivity index (χ1) is 12.6. The van der Waals surface area contributed by atoms with Crippen LogP contribution in [0.5, 0.6) is 0 Å². The van der Waals surface area contributed by atoms with Crippen LogP contribution in [0.15, 0.2) is 36.4 Å². The SMILES string of the molecule is Cc1ccc(C(=O)CCC(=O)CCC(=O)Nc2cccc(C(F)(F)F)c2)s1. The van der Waals surface area contributed by atoms with Gasteiger partial charge in [0.05, 0.1) is 10.4 Å². The van der Waals surface area contributed by atoms with Gasteiger partial charge in [-0.15, -0.1) is 11.3 Å². The number of ketones is 2. The van der Waals surface area contributed by atoms with E-state index in [-0.39, 0.29) is 42.9 Å². The smallest absolute Gasteiger partial charge is 0.326 e. The van der Waals surface area contributed by atoms with Gasteiger partial charge in [-0.2, -0.15) is 13.2 Å². The normalized spacial score (nSPS) is 11.3. The van der Waals surface area contributed by atoms with Crippen LogP contribution in [0.1, 0.15) is 45.8 Å². The third-order valence-corrected chi connectivity index (χ3v) is 4.79. The number of hydrogen-bond acceptors (Lipinski definition) is 4. The van der Waals surface area contributed by atoms with Crippen LogP contribution in [-0.4, -0.2) is 17.5 Å². The number of thiophene rings is 1. The summed E-state index contributed by atoms with van der Waals surface area (Å²) in [7, 11) is 0. The van der Waals surface area contributed by atoms with Gasteiger partial charge in [-0.25, -0.2) is 0 Å². The van der Waals surface area contributed by atoms with E-state index in [0.717, 1.165) is 17.0 Å². The largest absolute Gasteiger partial charge is 0.416 e. The zero-order valence-corrected chi connectivity index (χ0v) is 15.4. The molecule has 27 heavy (non-hydrogen) atoms. The van der Waals surface area contributed by atoms with Gasteiger partial charge in [-0.05, 0) is 37.3 Å². The number of rotatable bonds is 8. The average Bonchev–Trinajstić information content (AvgIpc) is 3.04. The van der Waals surface area contributed by atoms with E-state index in [1.165, 1.54) is 23.5 Å². The summed E-state index contributed by atoms with van der Waals surface area (Å²) in [5.41, 5.74) is -0.843. The Morgan fingerprint density at radius 3 is 2.33 bits per heavy atom. The molecule has 0 spiro atoms. The minimum atomic E-state index is -4.50. The highest BCUT2D eigenvalue weighted by molar-refractivity contribution is 7.14. The summed E-state index contributed by atoms with van der Waals surface area (Å²) in [5.74, 6) is -0.909. The maximum Gasteiger partial charge on any atom is 0.416 e. The van der Waals surface area contributed by atoms with E-state index in [2.05, 4.69) is 5.32 Å². The fraction of sp³-hybridized carbons (Fsp3) is 0.316. The van der Waals surface area contributed by atoms with Crippen LogP contribution in [0.25, 0.3) is 0 Å². The molecule has 0 aliphatic carbocycles. The Morgan fingerprint density at radius 1 is 1.00 bits per heavy atom. The fourth-order valence-electron chi connectivity index (χ4n) is 2.34. The van der Waals surface area contributed by atoms with E-state index in [1.54, 1.807) is 6.07 Å². The molecule has 0 unspecified atom stereocenters. The molecule has 0 fully saturated rings. The molecule has 1 aromatic heterocycles. The second kappa shape index (κ2) is 8.94. The molecule has 4 nitrogen and oxygen atoms in total. The van der Waals surface area contributed by atoms with Gasteiger partial charge in [-0.1, -0.05) is 6.07 Å². The molecule has 0 saturated carbocycles. The molecule has 0 saturated heterocycles. The number of anilines is 1. The van der Waals surface area contributed by atoms with Crippen molar-refractivity contribution in [3.63, 3.8) is 0 Å². The van der Waals surface area contributed by atoms with Crippen molar-refractivity contribution in [3.8, 4) is 0 Å². The van der Waals surface area contributed by atoms with Crippen molar-refractivity contribution >= 4 is 34.5 Å². The molecule has 8 heteroatoms. The van der Waals surface area contributed by atoms with Gasteiger partial charge in [0.2, 0.25) is 5.91 Å². The molecule has 0 atom stereocenters. The van der Waals surface area contributed by atoms with Gasteiger partial charge in [0.25, 0.3) is 0 Å². The maximum atomic E-state index is 12.6. The van der Waals surface area contributed by atoms with Crippen molar-refractivity contribution < 1.29 is 27.6 Å². The number of nitrogens with one attached hydrogen (secondary N) is 1. The molecule has 0 aliphatic rings. The molecule has 2 rings (SSSR count). The van der Waals surface area contributed by atoms with Gasteiger partial charge in [0.1, 0.15) is 5.78 Å². The second-order valence-corrected chi connectivity index (χ2v) is 7.29. The van der Waals surface area contributed by atoms with Crippen LogP contribution in [-0.2, 0) is 15.8 Å². The summed E-state index contributed by atoms with van der Waals surface area (Å²) in [6, 6.07) is 7.83. The molecule has 0 bridgehead atoms. The summed E-state index contributed by atoms with van der Waals surface area (Å²) in [6.07, 6.45) is -4.60. The van der Waals surface area contributed by atoms with Gasteiger partial charge in [0, 0.05) is 36.2 Å². The lowest BCUT2D eigenvalue weighted by Gasteiger charge is -2.09. The fourth-order valence-corrected chi connectivity index (χ4v) is 3.17. The Kier molecular flexibility index (Phi) is 6.90. The first-order valence-corrected chi connectivity index (χ1v) is 9.05. The van der Waals surface area contributed by atoms with Gasteiger partial charge in [0.15, 0.2) is 5.78 Å². The van der Waals surface area contributed by atoms with Crippen LogP contribution < -0.4 is 5.32 Å². The van der Waals surface area contributed by atoms with Gasteiger partial charge >= 0.3 is 6.18 Å². The van der Waals surface area contributed by atoms with E-state index in [9.17, 15) is 27.6 Å². The predicted octanol–water partition coefficient (Wildman–Crippen LogP) is 5.03. The van der Waals surface area contributed by atoms with E-state index in [1.807, 2.05) is 13.0 Å². The lowest BCUT2D eigenvalue weighted by Crippen LogP contribution is -2.14. The Morgan fingerprint density at radius 2 is 1.70 bits per heavy atom. The zero-order chi connectivity index (χ0) is 20.0. The van der Waals surface area contributed by atoms with Crippen LogP contribution in [0.2, 0.25) is 0 Å².